The molecule has 0 aliphatic carbocycles. The minimum absolute atomic E-state index is 0.453. The molecular formula is C9H10BrN5O. The lowest BCUT2D eigenvalue weighted by Gasteiger charge is -2.38. The van der Waals surface area contributed by atoms with Crippen LogP contribution in [0.3, 0.4) is 0 Å². The molecule has 1 aliphatic rings. The van der Waals surface area contributed by atoms with E-state index in [1.54, 1.807) is 6.20 Å². The van der Waals surface area contributed by atoms with Crippen LogP contribution in [0.25, 0.3) is 0 Å². The number of hydrogen-bond donors (Lipinski definition) is 0. The molecule has 0 bridgehead atoms. The van der Waals surface area contributed by atoms with Crippen LogP contribution in [-0.4, -0.2) is 38.0 Å². The van der Waals surface area contributed by atoms with Gasteiger partial charge in [0.1, 0.15) is 0 Å². The number of hydrogen-bond acceptors (Lipinski definition) is 5. The van der Waals surface area contributed by atoms with Gasteiger partial charge in [0.25, 0.3) is 0 Å². The Morgan fingerprint density at radius 1 is 1.50 bits per heavy atom. The molecule has 2 aromatic heterocycles. The van der Waals surface area contributed by atoms with E-state index in [2.05, 4.69) is 36.1 Å². The fourth-order valence-corrected chi connectivity index (χ4v) is 2.11. The molecule has 2 aromatic rings. The predicted octanol–water partition coefficient (Wildman–Crippen LogP) is 1.09. The summed E-state index contributed by atoms with van der Waals surface area (Å²) in [5, 5.41) is 11.8. The molecule has 0 spiro atoms. The fraction of sp³-hybridized carbons (Fsp3) is 0.444. The zero-order valence-corrected chi connectivity index (χ0v) is 10.0. The van der Waals surface area contributed by atoms with Gasteiger partial charge in [-0.1, -0.05) is 0 Å². The van der Waals surface area contributed by atoms with E-state index in [-0.39, 0.29) is 0 Å². The number of likely N-dealkylation sites (tertiary alicyclic amines) is 1. The highest BCUT2D eigenvalue weighted by Gasteiger charge is 2.29. The Morgan fingerprint density at radius 2 is 2.38 bits per heavy atom. The number of nitrogens with zero attached hydrogens (tertiary/aromatic N) is 5. The molecule has 0 radical (unpaired) electrons. The number of rotatable bonds is 3. The predicted molar refractivity (Wildman–Crippen MR) is 58.5 cm³/mol. The Bertz CT molecular complexity index is 462. The topological polar surface area (TPSA) is 60.0 Å². The molecule has 0 amide bonds. The average Bonchev–Trinajstić information content (AvgIpc) is 2.82. The van der Waals surface area contributed by atoms with Gasteiger partial charge in [-0.05, 0) is 15.9 Å². The summed E-state index contributed by atoms with van der Waals surface area (Å²) in [6.45, 7) is 2.66. The van der Waals surface area contributed by atoms with Gasteiger partial charge in [-0.15, -0.1) is 10.2 Å². The van der Waals surface area contributed by atoms with E-state index in [1.807, 2.05) is 10.9 Å². The monoisotopic (exact) mass is 283 g/mol. The van der Waals surface area contributed by atoms with Gasteiger partial charge in [-0.2, -0.15) is 5.10 Å². The van der Waals surface area contributed by atoms with Crippen LogP contribution in [0.4, 0.5) is 0 Å². The number of halogens is 1. The van der Waals surface area contributed by atoms with E-state index in [4.69, 9.17) is 4.42 Å². The van der Waals surface area contributed by atoms with Gasteiger partial charge in [0.05, 0.1) is 23.3 Å². The van der Waals surface area contributed by atoms with E-state index in [9.17, 15) is 0 Å². The Hall–Kier alpha value is -1.21. The molecule has 0 saturated carbocycles. The normalized spacial score (nSPS) is 17.6. The second-order valence-corrected chi connectivity index (χ2v) is 4.73. The highest BCUT2D eigenvalue weighted by Crippen LogP contribution is 2.23. The van der Waals surface area contributed by atoms with Crippen LogP contribution in [-0.2, 0) is 6.54 Å². The third-order valence-electron chi connectivity index (χ3n) is 2.65. The van der Waals surface area contributed by atoms with Crippen LogP contribution < -0.4 is 0 Å². The minimum Gasteiger partial charge on any atom is -0.427 e. The van der Waals surface area contributed by atoms with Gasteiger partial charge in [0.2, 0.25) is 12.3 Å². The first kappa shape index (κ1) is 9.98. The molecule has 1 saturated heterocycles. The second-order valence-electron chi connectivity index (χ2n) is 3.82. The van der Waals surface area contributed by atoms with Gasteiger partial charge >= 0.3 is 0 Å². The summed E-state index contributed by atoms with van der Waals surface area (Å²) < 4.78 is 8.09. The molecule has 84 valence electrons. The highest BCUT2D eigenvalue weighted by atomic mass is 79.9. The molecule has 7 heteroatoms. The van der Waals surface area contributed by atoms with Gasteiger partial charge in [0.15, 0.2) is 0 Å². The summed E-state index contributed by atoms with van der Waals surface area (Å²) in [5.41, 5.74) is 0. The van der Waals surface area contributed by atoms with Crippen LogP contribution in [0.5, 0.6) is 0 Å². The zero-order chi connectivity index (χ0) is 11.0. The molecule has 0 N–H and O–H groups in total. The van der Waals surface area contributed by atoms with Crippen LogP contribution in [0.1, 0.15) is 11.9 Å². The van der Waals surface area contributed by atoms with E-state index in [1.165, 1.54) is 6.39 Å². The first-order chi connectivity index (χ1) is 7.81. The van der Waals surface area contributed by atoms with Crippen molar-refractivity contribution in [3.63, 3.8) is 0 Å². The Balaban J connectivity index is 1.55. The van der Waals surface area contributed by atoms with Crippen molar-refractivity contribution in [2.75, 3.05) is 13.1 Å². The summed E-state index contributed by atoms with van der Waals surface area (Å²) in [5.74, 6) is 0.667. The van der Waals surface area contributed by atoms with E-state index < -0.39 is 0 Å². The van der Waals surface area contributed by atoms with Gasteiger partial charge in [0, 0.05) is 19.3 Å². The first-order valence-electron chi connectivity index (χ1n) is 4.98. The second kappa shape index (κ2) is 3.99. The SMILES string of the molecule is Brc1cnn(C2CN(Cc3nnco3)C2)c1. The summed E-state index contributed by atoms with van der Waals surface area (Å²) in [7, 11) is 0. The standard InChI is InChI=1S/C9H10BrN5O/c10-7-1-12-15(2-7)8-3-14(4-8)5-9-13-11-6-16-9/h1-2,6,8H,3-5H2. The molecule has 3 rings (SSSR count). The van der Waals surface area contributed by atoms with Crippen LogP contribution in [0, 0.1) is 0 Å². The van der Waals surface area contributed by atoms with Crippen molar-refractivity contribution in [1.82, 2.24) is 24.9 Å². The average molecular weight is 284 g/mol. The molecule has 0 aromatic carbocycles. The third-order valence-corrected chi connectivity index (χ3v) is 3.06. The minimum atomic E-state index is 0.453. The van der Waals surface area contributed by atoms with Crippen molar-refractivity contribution in [3.8, 4) is 0 Å². The maximum Gasteiger partial charge on any atom is 0.230 e. The Kier molecular flexibility index (Phi) is 2.49. The van der Waals surface area contributed by atoms with Crippen molar-refractivity contribution in [3.05, 3.63) is 29.2 Å². The van der Waals surface area contributed by atoms with Gasteiger partial charge in [-0.25, -0.2) is 0 Å². The lowest BCUT2D eigenvalue weighted by Crippen LogP contribution is -2.47. The van der Waals surface area contributed by atoms with Crippen LogP contribution in [0.15, 0.2) is 27.7 Å². The molecule has 0 unspecified atom stereocenters. The van der Waals surface area contributed by atoms with Gasteiger partial charge in [-0.3, -0.25) is 9.58 Å². The zero-order valence-electron chi connectivity index (χ0n) is 8.45. The number of aromatic nitrogens is 4. The summed E-state index contributed by atoms with van der Waals surface area (Å²) in [6.07, 6.45) is 5.16. The fourth-order valence-electron chi connectivity index (χ4n) is 1.81. The highest BCUT2D eigenvalue weighted by molar-refractivity contribution is 9.10. The quantitative estimate of drug-likeness (QED) is 0.844. The maximum absolute atomic E-state index is 5.09. The maximum atomic E-state index is 5.09. The van der Waals surface area contributed by atoms with Gasteiger partial charge < -0.3 is 4.42 Å². The molecule has 1 fully saturated rings. The van der Waals surface area contributed by atoms with Crippen molar-refractivity contribution in [2.24, 2.45) is 0 Å². The summed E-state index contributed by atoms with van der Waals surface area (Å²) in [4.78, 5) is 2.24. The molecule has 1 aliphatic heterocycles. The Morgan fingerprint density at radius 3 is 3.00 bits per heavy atom. The molecule has 16 heavy (non-hydrogen) atoms. The lowest BCUT2D eigenvalue weighted by molar-refractivity contribution is 0.0814. The largest absolute Gasteiger partial charge is 0.427 e. The van der Waals surface area contributed by atoms with E-state index in [0.717, 1.165) is 24.1 Å². The van der Waals surface area contributed by atoms with E-state index in [0.29, 0.717) is 11.9 Å². The molecular weight excluding hydrogens is 274 g/mol. The van der Waals surface area contributed by atoms with Crippen LogP contribution in [0.2, 0.25) is 0 Å². The molecule has 3 heterocycles. The van der Waals surface area contributed by atoms with Crippen molar-refractivity contribution in [1.29, 1.82) is 0 Å². The lowest BCUT2D eigenvalue weighted by atomic mass is 10.1. The molecule has 0 atom stereocenters. The Labute approximate surface area is 100 Å². The van der Waals surface area contributed by atoms with E-state index >= 15 is 0 Å². The van der Waals surface area contributed by atoms with Crippen LogP contribution >= 0.6 is 15.9 Å². The summed E-state index contributed by atoms with van der Waals surface area (Å²) >= 11 is 3.39. The third kappa shape index (κ3) is 1.88. The smallest absolute Gasteiger partial charge is 0.230 e. The van der Waals surface area contributed by atoms with Crippen molar-refractivity contribution in [2.45, 2.75) is 12.6 Å². The van der Waals surface area contributed by atoms with Crippen molar-refractivity contribution < 1.29 is 4.42 Å². The first-order valence-corrected chi connectivity index (χ1v) is 5.77. The molecule has 6 nitrogen and oxygen atoms in total. The summed E-state index contributed by atoms with van der Waals surface area (Å²) in [6, 6.07) is 0.453. The van der Waals surface area contributed by atoms with Crippen molar-refractivity contribution >= 4 is 15.9 Å².